The van der Waals surface area contributed by atoms with Crippen molar-refractivity contribution in [1.29, 1.82) is 0 Å². The average molecular weight is 398 g/mol. The van der Waals surface area contributed by atoms with Crippen LogP contribution < -0.4 is 16.2 Å². The lowest BCUT2D eigenvalue weighted by Crippen LogP contribution is -2.32. The number of anilines is 1. The van der Waals surface area contributed by atoms with Gasteiger partial charge in [-0.3, -0.25) is 9.59 Å². The van der Waals surface area contributed by atoms with Crippen LogP contribution in [0.2, 0.25) is 0 Å². The number of benzene rings is 3. The van der Waals surface area contributed by atoms with Crippen molar-refractivity contribution >= 4 is 22.6 Å². The third-order valence-corrected chi connectivity index (χ3v) is 4.90. The molecule has 0 saturated carbocycles. The maximum absolute atomic E-state index is 12.6. The molecule has 4 aromatic rings. The van der Waals surface area contributed by atoms with Gasteiger partial charge in [0, 0.05) is 11.3 Å². The van der Waals surface area contributed by atoms with Crippen LogP contribution in [-0.4, -0.2) is 22.4 Å². The third kappa shape index (κ3) is 4.22. The molecule has 1 heterocycles. The van der Waals surface area contributed by atoms with Crippen LogP contribution in [0, 0.1) is 0 Å². The molecule has 0 aliphatic rings. The molecule has 0 saturated heterocycles. The van der Waals surface area contributed by atoms with Crippen molar-refractivity contribution in [1.82, 2.24) is 15.3 Å². The Balaban J connectivity index is 1.52. The molecule has 150 valence electrons. The van der Waals surface area contributed by atoms with Crippen molar-refractivity contribution in [2.45, 2.75) is 13.0 Å². The summed E-state index contributed by atoms with van der Waals surface area (Å²) in [6, 6.07) is 24.4. The molecular formula is C24H22N4O2. The van der Waals surface area contributed by atoms with Crippen LogP contribution in [0.5, 0.6) is 0 Å². The molecule has 3 N–H and O–H groups in total. The first-order valence-electron chi connectivity index (χ1n) is 9.78. The molecule has 0 aliphatic carbocycles. The van der Waals surface area contributed by atoms with Gasteiger partial charge >= 0.3 is 0 Å². The molecular weight excluding hydrogens is 376 g/mol. The first-order chi connectivity index (χ1) is 14.6. The molecule has 0 spiro atoms. The molecule has 6 heteroatoms. The Morgan fingerprint density at radius 1 is 0.967 bits per heavy atom. The van der Waals surface area contributed by atoms with Crippen LogP contribution in [0.1, 0.15) is 18.5 Å². The Labute approximate surface area is 174 Å². The largest absolute Gasteiger partial charge is 0.376 e. The molecule has 1 aromatic heterocycles. The molecule has 6 nitrogen and oxygen atoms in total. The monoisotopic (exact) mass is 398 g/mol. The second kappa shape index (κ2) is 8.61. The Morgan fingerprint density at radius 2 is 1.67 bits per heavy atom. The summed E-state index contributed by atoms with van der Waals surface area (Å²) in [4.78, 5) is 32.4. The minimum absolute atomic E-state index is 0.0830. The number of fused-ring (bicyclic) bond motifs is 1. The molecule has 1 amide bonds. The zero-order valence-electron chi connectivity index (χ0n) is 16.6. The predicted octanol–water partition coefficient (Wildman–Crippen LogP) is 3.88. The van der Waals surface area contributed by atoms with Crippen LogP contribution in [0.3, 0.4) is 0 Å². The van der Waals surface area contributed by atoms with Gasteiger partial charge in [-0.1, -0.05) is 60.7 Å². The predicted molar refractivity (Wildman–Crippen MR) is 119 cm³/mol. The average Bonchev–Trinajstić information content (AvgIpc) is 2.78. The number of aromatic amines is 1. The van der Waals surface area contributed by atoms with Gasteiger partial charge in [-0.2, -0.15) is 0 Å². The van der Waals surface area contributed by atoms with E-state index in [4.69, 9.17) is 0 Å². The van der Waals surface area contributed by atoms with Crippen molar-refractivity contribution < 1.29 is 4.79 Å². The van der Waals surface area contributed by atoms with Gasteiger partial charge in [0.2, 0.25) is 5.91 Å². The summed E-state index contributed by atoms with van der Waals surface area (Å²) in [5.74, 6) is -0.137. The molecule has 0 radical (unpaired) electrons. The van der Waals surface area contributed by atoms with Crippen LogP contribution in [0.4, 0.5) is 5.69 Å². The van der Waals surface area contributed by atoms with E-state index in [0.29, 0.717) is 28.0 Å². The van der Waals surface area contributed by atoms with Gasteiger partial charge in [0.05, 0.1) is 23.6 Å². The lowest BCUT2D eigenvalue weighted by molar-refractivity contribution is -0.120. The van der Waals surface area contributed by atoms with Gasteiger partial charge < -0.3 is 15.6 Å². The van der Waals surface area contributed by atoms with Crippen LogP contribution in [0.25, 0.3) is 22.3 Å². The number of amides is 1. The number of carbonyl (C=O) groups excluding carboxylic acids is 1. The summed E-state index contributed by atoms with van der Waals surface area (Å²) in [5, 5.41) is 6.12. The highest BCUT2D eigenvalue weighted by Crippen LogP contribution is 2.24. The molecule has 0 fully saturated rings. The Kier molecular flexibility index (Phi) is 5.57. The van der Waals surface area contributed by atoms with Crippen molar-refractivity contribution in [3.05, 3.63) is 94.8 Å². The first-order valence-corrected chi connectivity index (χ1v) is 9.78. The molecule has 1 unspecified atom stereocenters. The highest BCUT2D eigenvalue weighted by Gasteiger charge is 2.13. The summed E-state index contributed by atoms with van der Waals surface area (Å²) < 4.78 is 0. The Hall–Kier alpha value is -3.93. The fourth-order valence-corrected chi connectivity index (χ4v) is 3.35. The smallest absolute Gasteiger partial charge is 0.275 e. The van der Waals surface area contributed by atoms with Gasteiger partial charge in [0.1, 0.15) is 5.69 Å². The minimum atomic E-state index is -0.273. The SMILES string of the molecule is CC(NC(=O)CNc1ccccc1-c1nc2ccccc2[nH]c1=O)c1ccccc1. The fourth-order valence-electron chi connectivity index (χ4n) is 3.35. The van der Waals surface area contributed by atoms with Crippen LogP contribution in [-0.2, 0) is 4.79 Å². The number of para-hydroxylation sites is 3. The van der Waals surface area contributed by atoms with Gasteiger partial charge in [-0.15, -0.1) is 0 Å². The molecule has 30 heavy (non-hydrogen) atoms. The summed E-state index contributed by atoms with van der Waals surface area (Å²) >= 11 is 0. The molecule has 3 aromatic carbocycles. The number of H-pyrrole nitrogens is 1. The van der Waals surface area contributed by atoms with Crippen molar-refractivity contribution in [2.75, 3.05) is 11.9 Å². The normalized spacial score (nSPS) is 11.8. The lowest BCUT2D eigenvalue weighted by Gasteiger charge is -2.16. The number of nitrogens with zero attached hydrogens (tertiary/aromatic N) is 1. The molecule has 0 bridgehead atoms. The maximum Gasteiger partial charge on any atom is 0.275 e. The van der Waals surface area contributed by atoms with E-state index in [-0.39, 0.29) is 24.1 Å². The minimum Gasteiger partial charge on any atom is -0.376 e. The van der Waals surface area contributed by atoms with Gasteiger partial charge in [-0.25, -0.2) is 4.98 Å². The lowest BCUT2D eigenvalue weighted by atomic mass is 10.1. The summed E-state index contributed by atoms with van der Waals surface area (Å²) in [7, 11) is 0. The van der Waals surface area contributed by atoms with E-state index in [1.54, 1.807) is 0 Å². The van der Waals surface area contributed by atoms with E-state index in [1.807, 2.05) is 85.8 Å². The third-order valence-electron chi connectivity index (χ3n) is 4.90. The number of aromatic nitrogens is 2. The van der Waals surface area contributed by atoms with E-state index in [1.165, 1.54) is 0 Å². The second-order valence-corrected chi connectivity index (χ2v) is 7.03. The number of hydrogen-bond acceptors (Lipinski definition) is 4. The van der Waals surface area contributed by atoms with E-state index in [2.05, 4.69) is 20.6 Å². The summed E-state index contributed by atoms with van der Waals surface area (Å²) in [5.41, 5.74) is 3.79. The van der Waals surface area contributed by atoms with Crippen LogP contribution >= 0.6 is 0 Å². The highest BCUT2D eigenvalue weighted by atomic mass is 16.2. The highest BCUT2D eigenvalue weighted by molar-refractivity contribution is 5.85. The first kappa shape index (κ1) is 19.4. The zero-order valence-corrected chi connectivity index (χ0v) is 16.6. The number of hydrogen-bond donors (Lipinski definition) is 3. The number of nitrogens with one attached hydrogen (secondary N) is 3. The molecule has 1 atom stereocenters. The van der Waals surface area contributed by atoms with Crippen molar-refractivity contribution in [2.24, 2.45) is 0 Å². The molecule has 4 rings (SSSR count). The maximum atomic E-state index is 12.6. The number of carbonyl (C=O) groups is 1. The standard InChI is InChI=1S/C24H22N4O2/c1-16(17-9-3-2-4-10-17)26-22(29)15-25-19-12-6-5-11-18(19)23-24(30)28-21-14-8-7-13-20(21)27-23/h2-14,16,25H,15H2,1H3,(H,26,29)(H,28,30). The topological polar surface area (TPSA) is 86.9 Å². The van der Waals surface area contributed by atoms with E-state index >= 15 is 0 Å². The Bertz CT molecular complexity index is 1230. The van der Waals surface area contributed by atoms with E-state index < -0.39 is 0 Å². The zero-order chi connectivity index (χ0) is 20.9. The van der Waals surface area contributed by atoms with E-state index in [9.17, 15) is 9.59 Å². The van der Waals surface area contributed by atoms with Crippen LogP contribution in [0.15, 0.2) is 83.7 Å². The van der Waals surface area contributed by atoms with Gasteiger partial charge in [0.25, 0.3) is 5.56 Å². The molecule has 0 aliphatic heterocycles. The second-order valence-electron chi connectivity index (χ2n) is 7.03. The summed E-state index contributed by atoms with van der Waals surface area (Å²) in [6.45, 7) is 2.03. The fraction of sp³-hybridized carbons (Fsp3) is 0.125. The number of rotatable bonds is 6. The van der Waals surface area contributed by atoms with Gasteiger partial charge in [-0.05, 0) is 30.7 Å². The van der Waals surface area contributed by atoms with Crippen molar-refractivity contribution in [3.63, 3.8) is 0 Å². The van der Waals surface area contributed by atoms with E-state index in [0.717, 1.165) is 5.56 Å². The quantitative estimate of drug-likeness (QED) is 0.460. The van der Waals surface area contributed by atoms with Gasteiger partial charge in [0.15, 0.2) is 0 Å². The van der Waals surface area contributed by atoms with Crippen molar-refractivity contribution in [3.8, 4) is 11.3 Å². The summed E-state index contributed by atoms with van der Waals surface area (Å²) in [6.07, 6.45) is 0. The Morgan fingerprint density at radius 3 is 2.50 bits per heavy atom.